The second-order valence-corrected chi connectivity index (χ2v) is 6.74. The molecule has 100 valence electrons. The highest BCUT2D eigenvalue weighted by Crippen LogP contribution is 2.49. The van der Waals surface area contributed by atoms with E-state index in [1.165, 1.54) is 18.2 Å². The lowest BCUT2D eigenvalue weighted by Gasteiger charge is -2.20. The summed E-state index contributed by atoms with van der Waals surface area (Å²) in [7, 11) is -4.16. The van der Waals surface area contributed by atoms with Gasteiger partial charge in [0.1, 0.15) is 5.54 Å². The van der Waals surface area contributed by atoms with Crippen molar-refractivity contribution < 1.29 is 21.6 Å². The minimum Gasteiger partial charge on any atom is -0.207 e. The van der Waals surface area contributed by atoms with E-state index in [-0.39, 0.29) is 17.7 Å². The van der Waals surface area contributed by atoms with E-state index >= 15 is 0 Å². The van der Waals surface area contributed by atoms with Crippen molar-refractivity contribution >= 4 is 26.0 Å². The largest absolute Gasteiger partial charge is 0.407 e. The second kappa shape index (κ2) is 4.21. The van der Waals surface area contributed by atoms with Gasteiger partial charge in [-0.3, -0.25) is 0 Å². The lowest BCUT2D eigenvalue weighted by molar-refractivity contribution is -0.160. The fourth-order valence-electron chi connectivity index (χ4n) is 1.52. The average Bonchev–Trinajstić information content (AvgIpc) is 2.97. The molecule has 0 bridgehead atoms. The van der Waals surface area contributed by atoms with Crippen LogP contribution in [0.3, 0.4) is 0 Å². The van der Waals surface area contributed by atoms with Crippen LogP contribution < -0.4 is 4.72 Å². The second-order valence-electron chi connectivity index (χ2n) is 4.14. The molecule has 1 aromatic carbocycles. The summed E-state index contributed by atoms with van der Waals surface area (Å²) in [5.41, 5.74) is -2.28. The van der Waals surface area contributed by atoms with Crippen LogP contribution in [-0.4, -0.2) is 20.1 Å². The Bertz CT molecular complexity index is 567. The molecule has 8 heteroatoms. The zero-order valence-corrected chi connectivity index (χ0v) is 11.4. The quantitative estimate of drug-likeness (QED) is 0.917. The molecule has 3 nitrogen and oxygen atoms in total. The van der Waals surface area contributed by atoms with Gasteiger partial charge in [-0.25, -0.2) is 8.42 Å². The summed E-state index contributed by atoms with van der Waals surface area (Å²) in [6.07, 6.45) is -5.00. The van der Waals surface area contributed by atoms with Crippen molar-refractivity contribution in [1.82, 2.24) is 4.72 Å². The summed E-state index contributed by atoms with van der Waals surface area (Å²) >= 11 is 3.07. The van der Waals surface area contributed by atoms with E-state index in [9.17, 15) is 21.6 Å². The SMILES string of the molecule is O=S(=O)(NC1(C(F)(F)F)CC1)c1cccc(Br)c1. The van der Waals surface area contributed by atoms with E-state index in [4.69, 9.17) is 0 Å². The third kappa shape index (κ3) is 2.55. The van der Waals surface area contributed by atoms with E-state index in [0.29, 0.717) is 4.47 Å². The van der Waals surface area contributed by atoms with Crippen LogP contribution >= 0.6 is 15.9 Å². The van der Waals surface area contributed by atoms with Crippen molar-refractivity contribution in [2.24, 2.45) is 0 Å². The van der Waals surface area contributed by atoms with Crippen molar-refractivity contribution in [3.8, 4) is 0 Å². The molecule has 0 atom stereocenters. The van der Waals surface area contributed by atoms with Crippen molar-refractivity contribution in [3.63, 3.8) is 0 Å². The lowest BCUT2D eigenvalue weighted by atomic mass is 10.3. The van der Waals surface area contributed by atoms with Crippen LogP contribution in [0.15, 0.2) is 33.6 Å². The standard InChI is InChI=1S/C10H9BrF3NO2S/c11-7-2-1-3-8(6-7)18(16,17)15-9(4-5-9)10(12,13)14/h1-3,6,15H,4-5H2. The zero-order valence-electron chi connectivity index (χ0n) is 8.96. The van der Waals surface area contributed by atoms with Gasteiger partial charge in [0, 0.05) is 4.47 Å². The predicted octanol–water partition coefficient (Wildman–Crippen LogP) is 2.82. The molecule has 0 aromatic heterocycles. The topological polar surface area (TPSA) is 46.2 Å². The fourth-order valence-corrected chi connectivity index (χ4v) is 3.56. The summed E-state index contributed by atoms with van der Waals surface area (Å²) in [5.74, 6) is 0. The summed E-state index contributed by atoms with van der Waals surface area (Å²) in [6, 6.07) is 5.55. The molecule has 1 aromatic rings. The van der Waals surface area contributed by atoms with Gasteiger partial charge in [-0.15, -0.1) is 0 Å². The maximum absolute atomic E-state index is 12.7. The molecule has 1 N–H and O–H groups in total. The van der Waals surface area contributed by atoms with Crippen LogP contribution in [0.5, 0.6) is 0 Å². The Balaban J connectivity index is 2.29. The summed E-state index contributed by atoms with van der Waals surface area (Å²) in [5, 5.41) is 0. The van der Waals surface area contributed by atoms with Crippen molar-refractivity contribution in [1.29, 1.82) is 0 Å². The van der Waals surface area contributed by atoms with E-state index < -0.39 is 21.7 Å². The Kier molecular flexibility index (Phi) is 3.23. The molecule has 2 rings (SSSR count). The van der Waals surface area contributed by atoms with Crippen molar-refractivity contribution in [2.45, 2.75) is 29.5 Å². The van der Waals surface area contributed by atoms with E-state index in [1.54, 1.807) is 10.8 Å². The molecule has 0 unspecified atom stereocenters. The molecule has 0 spiro atoms. The summed E-state index contributed by atoms with van der Waals surface area (Å²) in [6.45, 7) is 0. The Hall–Kier alpha value is -0.600. The van der Waals surface area contributed by atoms with Gasteiger partial charge >= 0.3 is 6.18 Å². The fraction of sp³-hybridized carbons (Fsp3) is 0.400. The molecular formula is C10H9BrF3NO2S. The van der Waals surface area contributed by atoms with Crippen LogP contribution in [-0.2, 0) is 10.0 Å². The lowest BCUT2D eigenvalue weighted by Crippen LogP contribution is -2.47. The van der Waals surface area contributed by atoms with Crippen LogP contribution in [0.1, 0.15) is 12.8 Å². The van der Waals surface area contributed by atoms with E-state index in [0.717, 1.165) is 0 Å². The van der Waals surface area contributed by atoms with Gasteiger partial charge in [0.2, 0.25) is 10.0 Å². The average molecular weight is 344 g/mol. The molecule has 0 aliphatic heterocycles. The van der Waals surface area contributed by atoms with Crippen LogP contribution in [0.4, 0.5) is 13.2 Å². The van der Waals surface area contributed by atoms with Crippen molar-refractivity contribution in [3.05, 3.63) is 28.7 Å². The van der Waals surface area contributed by atoms with Gasteiger partial charge in [0.05, 0.1) is 4.90 Å². The minimum atomic E-state index is -4.56. The van der Waals surface area contributed by atoms with Gasteiger partial charge in [-0.1, -0.05) is 22.0 Å². The smallest absolute Gasteiger partial charge is 0.207 e. The number of benzene rings is 1. The van der Waals surface area contributed by atoms with Crippen molar-refractivity contribution in [2.75, 3.05) is 0 Å². The number of hydrogen-bond donors (Lipinski definition) is 1. The Morgan fingerprint density at radius 2 is 1.89 bits per heavy atom. The summed E-state index contributed by atoms with van der Waals surface area (Å²) < 4.78 is 64.0. The molecule has 1 aliphatic rings. The van der Waals surface area contributed by atoms with E-state index in [2.05, 4.69) is 15.9 Å². The third-order valence-corrected chi connectivity index (χ3v) is 4.76. The Morgan fingerprint density at radius 1 is 1.28 bits per heavy atom. The molecule has 18 heavy (non-hydrogen) atoms. The number of nitrogens with one attached hydrogen (secondary N) is 1. The molecular weight excluding hydrogens is 335 g/mol. The predicted molar refractivity (Wildman–Crippen MR) is 62.5 cm³/mol. The number of hydrogen-bond acceptors (Lipinski definition) is 2. The molecule has 0 heterocycles. The Labute approximate surface area is 111 Å². The zero-order chi connectivity index (χ0) is 13.6. The van der Waals surface area contributed by atoms with E-state index in [1.807, 2.05) is 0 Å². The molecule has 0 radical (unpaired) electrons. The highest BCUT2D eigenvalue weighted by Gasteiger charge is 2.65. The maximum atomic E-state index is 12.7. The monoisotopic (exact) mass is 343 g/mol. The first-order valence-corrected chi connectivity index (χ1v) is 7.30. The van der Waals surface area contributed by atoms with Gasteiger partial charge in [-0.2, -0.15) is 17.9 Å². The summed E-state index contributed by atoms with van der Waals surface area (Å²) in [4.78, 5) is -0.188. The molecule has 1 fully saturated rings. The first-order chi connectivity index (χ1) is 8.16. The van der Waals surface area contributed by atoms with Gasteiger partial charge in [-0.05, 0) is 31.0 Å². The molecule has 0 saturated heterocycles. The highest BCUT2D eigenvalue weighted by molar-refractivity contribution is 9.10. The Morgan fingerprint density at radius 3 is 2.33 bits per heavy atom. The molecule has 0 amide bonds. The highest BCUT2D eigenvalue weighted by atomic mass is 79.9. The number of halogens is 4. The number of alkyl halides is 3. The number of sulfonamides is 1. The molecule has 1 aliphatic carbocycles. The van der Waals surface area contributed by atoms with Gasteiger partial charge in [0.25, 0.3) is 0 Å². The molecule has 1 saturated carbocycles. The van der Waals surface area contributed by atoms with Crippen LogP contribution in [0.25, 0.3) is 0 Å². The number of rotatable bonds is 3. The first-order valence-electron chi connectivity index (χ1n) is 5.03. The third-order valence-electron chi connectivity index (χ3n) is 2.73. The van der Waals surface area contributed by atoms with Gasteiger partial charge in [0.15, 0.2) is 0 Å². The minimum absolute atomic E-state index is 0.188. The first kappa shape index (κ1) is 13.8. The van der Waals surface area contributed by atoms with Crippen LogP contribution in [0.2, 0.25) is 0 Å². The van der Waals surface area contributed by atoms with Crippen LogP contribution in [0, 0.1) is 0 Å². The maximum Gasteiger partial charge on any atom is 0.407 e. The normalized spacial score (nSPS) is 18.7. The van der Waals surface area contributed by atoms with Gasteiger partial charge < -0.3 is 0 Å².